The van der Waals surface area contributed by atoms with Crippen LogP contribution in [0.25, 0.3) is 118 Å². The van der Waals surface area contributed by atoms with E-state index in [0.717, 1.165) is 18.2 Å². The zero-order valence-corrected chi connectivity index (χ0v) is 38.8. The van der Waals surface area contributed by atoms with Gasteiger partial charge in [-0.05, 0) is 109 Å². The molecule has 0 aliphatic heterocycles. The zero-order valence-electron chi connectivity index (χ0n) is 38.8. The summed E-state index contributed by atoms with van der Waals surface area (Å²) in [6.07, 6.45) is 0. The van der Waals surface area contributed by atoms with Crippen LogP contribution < -0.4 is 0 Å². The lowest BCUT2D eigenvalue weighted by Gasteiger charge is -2.18. The van der Waals surface area contributed by atoms with Gasteiger partial charge in [0.15, 0.2) is 17.5 Å². The Labute approximate surface area is 422 Å². The summed E-state index contributed by atoms with van der Waals surface area (Å²) in [6, 6.07) is 53.5. The quantitative estimate of drug-likeness (QED) is 0.134. The summed E-state index contributed by atoms with van der Waals surface area (Å²) < 4.78 is 95.6. The van der Waals surface area contributed by atoms with Crippen molar-refractivity contribution in [3.63, 3.8) is 0 Å². The van der Waals surface area contributed by atoms with Gasteiger partial charge in [-0.15, -0.1) is 0 Å². The Morgan fingerprint density at radius 3 is 0.773 bits per heavy atom. The molecule has 13 aromatic rings. The van der Waals surface area contributed by atoms with Gasteiger partial charge >= 0.3 is 0 Å². The molecule has 0 amide bonds. The van der Waals surface area contributed by atoms with Gasteiger partial charge in [0.25, 0.3) is 0 Å². The maximum absolute atomic E-state index is 15.0. The summed E-state index contributed by atoms with van der Waals surface area (Å²) in [5.74, 6) is -3.48. The van der Waals surface area contributed by atoms with Crippen LogP contribution in [-0.4, -0.2) is 43.6 Å². The highest BCUT2D eigenvalue weighted by molar-refractivity contribution is 5.90. The van der Waals surface area contributed by atoms with Crippen LogP contribution in [0.3, 0.4) is 0 Å². The second-order valence-electron chi connectivity index (χ2n) is 17.6. The largest absolute Gasteiger partial charge is 0.292 e. The molecule has 0 N–H and O–H groups in total. The summed E-state index contributed by atoms with van der Waals surface area (Å²) in [6.45, 7) is 0. The summed E-state index contributed by atoms with van der Waals surface area (Å²) in [5.41, 5.74) is 6.96. The molecule has 0 aliphatic rings. The number of benzene rings is 9. The topological polar surface area (TPSA) is 92.1 Å². The molecular weight excluding hydrogens is 961 g/mol. The maximum Gasteiger partial charge on any atom is 0.166 e. The molecule has 9 aromatic carbocycles. The van der Waals surface area contributed by atoms with Crippen LogP contribution in [0.15, 0.2) is 200 Å². The maximum atomic E-state index is 15.0. The first-order chi connectivity index (χ1) is 36.6. The minimum Gasteiger partial charge on any atom is -0.292 e. The van der Waals surface area contributed by atoms with E-state index < -0.39 is 34.9 Å². The number of rotatable bonds is 9. The molecule has 4 heterocycles. The van der Waals surface area contributed by atoms with Crippen LogP contribution in [0.4, 0.5) is 26.3 Å². The molecule has 0 fully saturated rings. The molecule has 0 unspecified atom stereocenters. The van der Waals surface area contributed by atoms with Crippen LogP contribution in [-0.2, 0) is 0 Å². The van der Waals surface area contributed by atoms with Crippen LogP contribution in [0, 0.1) is 34.9 Å². The third kappa shape index (κ3) is 7.94. The van der Waals surface area contributed by atoms with Gasteiger partial charge in [-0.2, -0.15) is 0 Å². The molecule has 360 valence electrons. The minimum atomic E-state index is -0.784. The highest BCUT2D eigenvalue weighted by atomic mass is 19.2. The third-order valence-corrected chi connectivity index (χ3v) is 12.8. The van der Waals surface area contributed by atoms with Crippen molar-refractivity contribution in [1.29, 1.82) is 0 Å². The van der Waals surface area contributed by atoms with Crippen LogP contribution in [0.5, 0.6) is 0 Å². The van der Waals surface area contributed by atoms with Crippen LogP contribution in [0.1, 0.15) is 0 Å². The fourth-order valence-corrected chi connectivity index (χ4v) is 9.75. The first kappa shape index (κ1) is 44.9. The average Bonchev–Trinajstić information content (AvgIpc) is 4.13. The molecule has 75 heavy (non-hydrogen) atoms. The van der Waals surface area contributed by atoms with E-state index in [4.69, 9.17) is 29.9 Å². The molecule has 0 aliphatic carbocycles. The Balaban J connectivity index is 1.10. The number of imidazole rings is 3. The van der Waals surface area contributed by atoms with Crippen molar-refractivity contribution < 1.29 is 26.3 Å². The van der Waals surface area contributed by atoms with Crippen molar-refractivity contribution >= 4 is 33.1 Å². The number of nitrogens with zero attached hydrogens (tertiary/aromatic N) is 9. The van der Waals surface area contributed by atoms with Crippen molar-refractivity contribution in [2.75, 3.05) is 0 Å². The first-order valence-electron chi connectivity index (χ1n) is 23.5. The Hall–Kier alpha value is -10.0. The highest BCUT2D eigenvalue weighted by Crippen LogP contribution is 2.40. The van der Waals surface area contributed by atoms with E-state index in [0.29, 0.717) is 66.9 Å². The van der Waals surface area contributed by atoms with Crippen molar-refractivity contribution in [3.8, 4) is 85.4 Å². The number of fused-ring (bicyclic) bond motifs is 3. The predicted molar refractivity (Wildman–Crippen MR) is 276 cm³/mol. The normalized spacial score (nSPS) is 11.6. The minimum absolute atomic E-state index is 0.162. The lowest BCUT2D eigenvalue weighted by atomic mass is 10.1. The SMILES string of the molecule is Fc1cc(F)cc(-c2nc3ccccc3n2-c2ccccc2-c2nc(-c3ccccc3-n3c(-c4cc(F)cc(F)c4)nc4ccccc43)nc(-c3ccccc3-n3c(-c4cc(F)cc(F)c4)nc4ccccc43)n2)c1. The molecule has 15 heteroatoms. The van der Waals surface area contributed by atoms with E-state index in [1.165, 1.54) is 36.4 Å². The molecule has 0 atom stereocenters. The van der Waals surface area contributed by atoms with Gasteiger partial charge in [0.05, 0.1) is 50.2 Å². The van der Waals surface area contributed by atoms with Gasteiger partial charge in [0, 0.05) is 51.6 Å². The van der Waals surface area contributed by atoms with E-state index in [2.05, 4.69) is 0 Å². The number of para-hydroxylation sites is 9. The summed E-state index contributed by atoms with van der Waals surface area (Å²) in [4.78, 5) is 30.4. The second kappa shape index (κ2) is 17.9. The van der Waals surface area contributed by atoms with Crippen molar-refractivity contribution in [1.82, 2.24) is 43.6 Å². The number of hydrogen-bond donors (Lipinski definition) is 0. The molecular formula is C60H33F6N9. The second-order valence-corrected chi connectivity index (χ2v) is 17.6. The van der Waals surface area contributed by atoms with Crippen molar-refractivity contribution in [3.05, 3.63) is 235 Å². The molecule has 13 rings (SSSR count). The van der Waals surface area contributed by atoms with Gasteiger partial charge in [0.2, 0.25) is 0 Å². The molecule has 0 bridgehead atoms. The molecule has 0 spiro atoms. The lowest BCUT2D eigenvalue weighted by Crippen LogP contribution is -2.08. The molecule has 4 aromatic heterocycles. The zero-order chi connectivity index (χ0) is 50.9. The van der Waals surface area contributed by atoms with Gasteiger partial charge in [-0.25, -0.2) is 56.2 Å². The van der Waals surface area contributed by atoms with Crippen molar-refractivity contribution in [2.24, 2.45) is 0 Å². The fraction of sp³-hybridized carbons (Fsp3) is 0. The summed E-state index contributed by atoms with van der Waals surface area (Å²) in [7, 11) is 0. The van der Waals surface area contributed by atoms with E-state index in [1.807, 2.05) is 127 Å². The Kier molecular flexibility index (Phi) is 10.7. The standard InChI is InChI=1S/C60H33F6N9/c61-37-25-34(26-38(62)31-37)58-67-46-16-4-10-22-52(46)73(58)49-19-7-1-13-43(49)55-70-56(44-14-2-8-20-50(44)74-53-23-11-5-17-47(53)68-59(74)35-27-39(63)32-40(64)28-35)72-57(71-55)45-15-3-9-21-51(45)75-54-24-12-6-18-48(54)69-60(75)36-29-41(65)33-42(66)30-36/h1-33H. The molecule has 0 radical (unpaired) electrons. The summed E-state index contributed by atoms with van der Waals surface area (Å²) in [5, 5.41) is 0. The van der Waals surface area contributed by atoms with E-state index >= 15 is 26.3 Å². The Bertz CT molecular complexity index is 3910. The molecule has 0 saturated carbocycles. The van der Waals surface area contributed by atoms with E-state index in [-0.39, 0.29) is 51.6 Å². The fourth-order valence-electron chi connectivity index (χ4n) is 9.75. The van der Waals surface area contributed by atoms with E-state index in [9.17, 15) is 0 Å². The first-order valence-corrected chi connectivity index (χ1v) is 23.5. The van der Waals surface area contributed by atoms with Gasteiger partial charge in [-0.1, -0.05) is 72.8 Å². The van der Waals surface area contributed by atoms with Crippen LogP contribution >= 0.6 is 0 Å². The molecule has 0 saturated heterocycles. The highest BCUT2D eigenvalue weighted by Gasteiger charge is 2.26. The lowest BCUT2D eigenvalue weighted by molar-refractivity contribution is 0.583. The van der Waals surface area contributed by atoms with Crippen molar-refractivity contribution in [2.45, 2.75) is 0 Å². The van der Waals surface area contributed by atoms with Crippen LogP contribution in [0.2, 0.25) is 0 Å². The van der Waals surface area contributed by atoms with Gasteiger partial charge in [-0.3, -0.25) is 13.7 Å². The van der Waals surface area contributed by atoms with Gasteiger partial charge in [0.1, 0.15) is 52.4 Å². The number of halogens is 6. The Morgan fingerprint density at radius 2 is 0.493 bits per heavy atom. The Morgan fingerprint density at radius 1 is 0.253 bits per heavy atom. The van der Waals surface area contributed by atoms with Gasteiger partial charge < -0.3 is 0 Å². The van der Waals surface area contributed by atoms with E-state index in [1.54, 1.807) is 31.9 Å². The summed E-state index contributed by atoms with van der Waals surface area (Å²) >= 11 is 0. The predicted octanol–water partition coefficient (Wildman–Crippen LogP) is 14.7. The number of hydrogen-bond acceptors (Lipinski definition) is 6. The average molecular weight is 994 g/mol. The number of aromatic nitrogens is 9. The molecule has 9 nitrogen and oxygen atoms in total. The smallest absolute Gasteiger partial charge is 0.166 e. The third-order valence-electron chi connectivity index (χ3n) is 12.8. The monoisotopic (exact) mass is 993 g/mol.